The molecule has 10 heteroatoms. The maximum absolute atomic E-state index is 13.6. The Labute approximate surface area is 226 Å². The number of hydrogen-bond donors (Lipinski definition) is 1. The van der Waals surface area contributed by atoms with Crippen molar-refractivity contribution in [3.8, 4) is 11.4 Å². The number of carbonyl (C=O) groups is 2. The molecule has 1 saturated heterocycles. The van der Waals surface area contributed by atoms with Crippen LogP contribution < -0.4 is 5.32 Å². The molecule has 2 aliphatic rings. The highest BCUT2D eigenvalue weighted by Gasteiger charge is 2.38. The number of ether oxygens (including phenoxy) is 1. The van der Waals surface area contributed by atoms with Crippen molar-refractivity contribution >= 4 is 23.3 Å². The second kappa shape index (κ2) is 10.8. The van der Waals surface area contributed by atoms with E-state index in [1.807, 2.05) is 27.0 Å². The standard InChI is InChI=1S/C28H34FN5O3S/c1-28(2,3)37-27(36)33-14-12-23(34-15-13-30-24(34)18-8-10-19(29)11-9-18)21(16-33)26-32-22(17-38-26)25(35)31-20-6-4-5-7-20/h8-11,13,15,17,20-21,23H,4-7,12,14,16H2,1-3H3,(H,31,35). The number of imidazole rings is 1. The number of piperidine rings is 1. The van der Waals surface area contributed by atoms with Crippen LogP contribution in [-0.2, 0) is 4.74 Å². The minimum atomic E-state index is -0.601. The van der Waals surface area contributed by atoms with Gasteiger partial charge in [0.2, 0.25) is 0 Å². The number of benzene rings is 1. The summed E-state index contributed by atoms with van der Waals surface area (Å²) in [7, 11) is 0. The molecule has 2 aromatic heterocycles. The second-order valence-corrected chi connectivity index (χ2v) is 12.0. The van der Waals surface area contributed by atoms with Gasteiger partial charge in [-0.15, -0.1) is 11.3 Å². The summed E-state index contributed by atoms with van der Waals surface area (Å²) in [5, 5.41) is 5.71. The highest BCUT2D eigenvalue weighted by Crippen LogP contribution is 2.40. The molecule has 0 bridgehead atoms. The largest absolute Gasteiger partial charge is 0.444 e. The Morgan fingerprint density at radius 1 is 1.13 bits per heavy atom. The number of aromatic nitrogens is 3. The predicted octanol–water partition coefficient (Wildman–Crippen LogP) is 5.78. The normalized spacial score (nSPS) is 20.5. The Kier molecular flexibility index (Phi) is 7.52. The van der Waals surface area contributed by atoms with Gasteiger partial charge in [-0.2, -0.15) is 0 Å². The fraction of sp³-hybridized carbons (Fsp3) is 0.500. The molecule has 0 radical (unpaired) electrons. The Hall–Kier alpha value is -3.27. The van der Waals surface area contributed by atoms with E-state index in [1.165, 1.54) is 23.5 Å². The van der Waals surface area contributed by atoms with E-state index in [1.54, 1.807) is 28.6 Å². The summed E-state index contributed by atoms with van der Waals surface area (Å²) >= 11 is 1.44. The first-order valence-corrected chi connectivity index (χ1v) is 14.1. The van der Waals surface area contributed by atoms with Crippen molar-refractivity contribution in [2.75, 3.05) is 13.1 Å². The van der Waals surface area contributed by atoms with Gasteiger partial charge in [0, 0.05) is 54.4 Å². The van der Waals surface area contributed by atoms with Crippen LogP contribution in [0.4, 0.5) is 9.18 Å². The van der Waals surface area contributed by atoms with Gasteiger partial charge in [-0.1, -0.05) is 12.8 Å². The molecule has 1 saturated carbocycles. The lowest BCUT2D eigenvalue weighted by Gasteiger charge is -2.39. The predicted molar refractivity (Wildman–Crippen MR) is 144 cm³/mol. The number of halogens is 1. The number of rotatable bonds is 5. The maximum Gasteiger partial charge on any atom is 0.410 e. The molecule has 3 aromatic rings. The van der Waals surface area contributed by atoms with Crippen LogP contribution >= 0.6 is 11.3 Å². The number of thiazole rings is 1. The average molecular weight is 540 g/mol. The highest BCUT2D eigenvalue weighted by atomic mass is 32.1. The fourth-order valence-electron chi connectivity index (χ4n) is 5.30. The average Bonchev–Trinajstić information content (AvgIpc) is 3.65. The molecule has 1 N–H and O–H groups in total. The first kappa shape index (κ1) is 26.3. The van der Waals surface area contributed by atoms with Crippen LogP contribution in [0.2, 0.25) is 0 Å². The molecular weight excluding hydrogens is 505 g/mol. The molecule has 5 rings (SSSR count). The van der Waals surface area contributed by atoms with Gasteiger partial charge >= 0.3 is 6.09 Å². The van der Waals surface area contributed by atoms with Crippen LogP contribution in [0.5, 0.6) is 0 Å². The topological polar surface area (TPSA) is 89.3 Å². The van der Waals surface area contributed by atoms with Crippen LogP contribution in [-0.4, -0.2) is 56.2 Å². The Balaban J connectivity index is 1.44. The monoisotopic (exact) mass is 539 g/mol. The number of nitrogens with zero attached hydrogens (tertiary/aromatic N) is 4. The highest BCUT2D eigenvalue weighted by molar-refractivity contribution is 7.10. The molecule has 2 fully saturated rings. The first-order valence-electron chi connectivity index (χ1n) is 13.2. The quantitative estimate of drug-likeness (QED) is 0.444. The summed E-state index contributed by atoms with van der Waals surface area (Å²) in [5.41, 5.74) is 0.617. The smallest absolute Gasteiger partial charge is 0.410 e. The molecule has 0 spiro atoms. The van der Waals surface area contributed by atoms with Crippen LogP contribution in [0.3, 0.4) is 0 Å². The van der Waals surface area contributed by atoms with Crippen LogP contribution in [0.25, 0.3) is 11.4 Å². The van der Waals surface area contributed by atoms with E-state index >= 15 is 0 Å². The SMILES string of the molecule is CC(C)(C)OC(=O)N1CCC(n2ccnc2-c2ccc(F)cc2)C(c2nc(C(=O)NC3CCCC3)cs2)C1. The minimum Gasteiger partial charge on any atom is -0.444 e. The van der Waals surface area contributed by atoms with Crippen LogP contribution in [0.1, 0.15) is 80.3 Å². The summed E-state index contributed by atoms with van der Waals surface area (Å²) in [6.07, 6.45) is 8.23. The van der Waals surface area contributed by atoms with Crippen molar-refractivity contribution in [2.24, 2.45) is 0 Å². The van der Waals surface area contributed by atoms with Crippen LogP contribution in [0.15, 0.2) is 42.0 Å². The van der Waals surface area contributed by atoms with Crippen molar-refractivity contribution in [3.63, 3.8) is 0 Å². The van der Waals surface area contributed by atoms with Crippen molar-refractivity contribution in [3.05, 3.63) is 58.6 Å². The van der Waals surface area contributed by atoms with Gasteiger partial charge in [0.05, 0.1) is 0 Å². The van der Waals surface area contributed by atoms with E-state index in [0.717, 1.165) is 42.1 Å². The lowest BCUT2D eigenvalue weighted by atomic mass is 9.92. The van der Waals surface area contributed by atoms with E-state index in [9.17, 15) is 14.0 Å². The molecule has 2 atom stereocenters. The van der Waals surface area contributed by atoms with Gasteiger partial charge in [-0.25, -0.2) is 19.2 Å². The molecule has 1 aliphatic carbocycles. The zero-order valence-corrected chi connectivity index (χ0v) is 22.8. The van der Waals surface area contributed by atoms with E-state index in [2.05, 4.69) is 14.9 Å². The Bertz CT molecular complexity index is 1280. The first-order chi connectivity index (χ1) is 18.2. The molecule has 2 unspecified atom stereocenters. The van der Waals surface area contributed by atoms with Crippen molar-refractivity contribution in [1.29, 1.82) is 0 Å². The lowest BCUT2D eigenvalue weighted by molar-refractivity contribution is 0.0162. The van der Waals surface area contributed by atoms with Gasteiger partial charge in [-0.05, 0) is 64.3 Å². The maximum atomic E-state index is 13.6. The fourth-order valence-corrected chi connectivity index (χ4v) is 6.25. The number of nitrogens with one attached hydrogen (secondary N) is 1. The third-order valence-electron chi connectivity index (χ3n) is 7.12. The van der Waals surface area contributed by atoms with Crippen molar-refractivity contribution in [1.82, 2.24) is 24.8 Å². The third-order valence-corrected chi connectivity index (χ3v) is 8.10. The van der Waals surface area contributed by atoms with E-state index < -0.39 is 5.60 Å². The third kappa shape index (κ3) is 5.90. The number of hydrogen-bond acceptors (Lipinski definition) is 6. The molecule has 202 valence electrons. The van der Waals surface area contributed by atoms with Gasteiger partial charge in [0.1, 0.15) is 27.9 Å². The van der Waals surface area contributed by atoms with Gasteiger partial charge in [0.15, 0.2) is 0 Å². The van der Waals surface area contributed by atoms with E-state index in [0.29, 0.717) is 25.2 Å². The summed E-state index contributed by atoms with van der Waals surface area (Å²) in [4.78, 5) is 36.9. The van der Waals surface area contributed by atoms with Gasteiger partial charge in [0.25, 0.3) is 5.91 Å². The summed E-state index contributed by atoms with van der Waals surface area (Å²) in [6, 6.07) is 6.43. The second-order valence-electron chi connectivity index (χ2n) is 11.1. The summed E-state index contributed by atoms with van der Waals surface area (Å²) in [6.45, 7) is 6.47. The van der Waals surface area contributed by atoms with E-state index in [-0.39, 0.29) is 35.8 Å². The number of carbonyl (C=O) groups excluding carboxylic acids is 2. The van der Waals surface area contributed by atoms with Gasteiger partial charge < -0.3 is 19.5 Å². The lowest BCUT2D eigenvalue weighted by Crippen LogP contribution is -2.45. The molecular formula is C28H34FN5O3S. The Morgan fingerprint density at radius 3 is 2.58 bits per heavy atom. The van der Waals surface area contributed by atoms with E-state index in [4.69, 9.17) is 9.72 Å². The number of amides is 2. The zero-order chi connectivity index (χ0) is 26.9. The van der Waals surface area contributed by atoms with Crippen LogP contribution in [0, 0.1) is 5.82 Å². The van der Waals surface area contributed by atoms with Crippen molar-refractivity contribution in [2.45, 2.75) is 76.5 Å². The number of likely N-dealkylation sites (tertiary alicyclic amines) is 1. The molecule has 1 aliphatic heterocycles. The summed E-state index contributed by atoms with van der Waals surface area (Å²) in [5.74, 6) is 0.0937. The minimum absolute atomic E-state index is 0.0619. The van der Waals surface area contributed by atoms with Gasteiger partial charge in [-0.3, -0.25) is 4.79 Å². The molecule has 1 aromatic carbocycles. The van der Waals surface area contributed by atoms with Crippen molar-refractivity contribution < 1.29 is 18.7 Å². The Morgan fingerprint density at radius 2 is 1.87 bits per heavy atom. The molecule has 3 heterocycles. The molecule has 2 amide bonds. The zero-order valence-electron chi connectivity index (χ0n) is 22.0. The molecule has 8 nitrogen and oxygen atoms in total. The molecule has 38 heavy (non-hydrogen) atoms. The summed E-state index contributed by atoms with van der Waals surface area (Å²) < 4.78 is 21.3.